The highest BCUT2D eigenvalue weighted by molar-refractivity contribution is 5.88. The van der Waals surface area contributed by atoms with Gasteiger partial charge in [-0.2, -0.15) is 0 Å². The SMILES string of the molecule is CCOC(=O)Nc1ccc(NC(CCc2ccccc2)c2ccccc2)nc1N. The Kier molecular flexibility index (Phi) is 7.05. The first-order valence-electron chi connectivity index (χ1n) is 9.71. The number of carbonyl (C=O) groups excluding carboxylic acids is 1. The van der Waals surface area contributed by atoms with Gasteiger partial charge in [-0.25, -0.2) is 9.78 Å². The molecule has 3 aromatic rings. The lowest BCUT2D eigenvalue weighted by Gasteiger charge is -2.20. The van der Waals surface area contributed by atoms with Crippen molar-refractivity contribution in [1.82, 2.24) is 4.98 Å². The highest BCUT2D eigenvalue weighted by Gasteiger charge is 2.14. The van der Waals surface area contributed by atoms with E-state index < -0.39 is 6.09 Å². The first-order chi connectivity index (χ1) is 14.2. The predicted octanol–water partition coefficient (Wildman–Crippen LogP) is 5.02. The molecule has 150 valence electrons. The summed E-state index contributed by atoms with van der Waals surface area (Å²) in [6, 6.07) is 24.3. The number of carbonyl (C=O) groups is 1. The fourth-order valence-electron chi connectivity index (χ4n) is 3.08. The van der Waals surface area contributed by atoms with Crippen LogP contribution >= 0.6 is 0 Å². The zero-order chi connectivity index (χ0) is 20.5. The molecule has 29 heavy (non-hydrogen) atoms. The van der Waals surface area contributed by atoms with Crippen molar-refractivity contribution < 1.29 is 9.53 Å². The molecule has 1 unspecified atom stereocenters. The van der Waals surface area contributed by atoms with Crippen LogP contribution in [0.4, 0.5) is 22.1 Å². The molecule has 0 saturated carbocycles. The van der Waals surface area contributed by atoms with Crippen LogP contribution in [0.15, 0.2) is 72.8 Å². The Morgan fingerprint density at radius 1 is 1.03 bits per heavy atom. The maximum absolute atomic E-state index is 11.6. The second-order valence-corrected chi connectivity index (χ2v) is 6.61. The van der Waals surface area contributed by atoms with E-state index >= 15 is 0 Å². The summed E-state index contributed by atoms with van der Waals surface area (Å²) >= 11 is 0. The molecule has 0 bridgehead atoms. The lowest BCUT2D eigenvalue weighted by atomic mass is 9.99. The van der Waals surface area contributed by atoms with Crippen LogP contribution in [0.25, 0.3) is 0 Å². The van der Waals surface area contributed by atoms with Gasteiger partial charge in [0, 0.05) is 0 Å². The van der Waals surface area contributed by atoms with E-state index in [0.717, 1.165) is 12.8 Å². The Balaban J connectivity index is 1.73. The van der Waals surface area contributed by atoms with Crippen molar-refractivity contribution >= 4 is 23.4 Å². The van der Waals surface area contributed by atoms with Crippen LogP contribution in [0.2, 0.25) is 0 Å². The van der Waals surface area contributed by atoms with E-state index in [9.17, 15) is 4.79 Å². The van der Waals surface area contributed by atoms with Gasteiger partial charge in [-0.1, -0.05) is 60.7 Å². The van der Waals surface area contributed by atoms with Crippen LogP contribution < -0.4 is 16.4 Å². The molecule has 1 amide bonds. The van der Waals surface area contributed by atoms with Gasteiger partial charge in [0.05, 0.1) is 18.3 Å². The maximum atomic E-state index is 11.6. The number of amides is 1. The lowest BCUT2D eigenvalue weighted by molar-refractivity contribution is 0.168. The molecule has 0 aliphatic heterocycles. The molecule has 0 saturated heterocycles. The highest BCUT2D eigenvalue weighted by Crippen LogP contribution is 2.26. The van der Waals surface area contributed by atoms with Crippen LogP contribution in [0.5, 0.6) is 0 Å². The first kappa shape index (κ1) is 20.2. The number of anilines is 3. The quantitative estimate of drug-likeness (QED) is 0.503. The van der Waals surface area contributed by atoms with Gasteiger partial charge in [-0.3, -0.25) is 5.32 Å². The van der Waals surface area contributed by atoms with Gasteiger partial charge < -0.3 is 15.8 Å². The summed E-state index contributed by atoms with van der Waals surface area (Å²) in [4.78, 5) is 16.0. The summed E-state index contributed by atoms with van der Waals surface area (Å²) in [5.41, 5.74) is 8.92. The van der Waals surface area contributed by atoms with Gasteiger partial charge >= 0.3 is 6.09 Å². The summed E-state index contributed by atoms with van der Waals surface area (Å²) in [6.07, 6.45) is 1.29. The van der Waals surface area contributed by atoms with E-state index in [0.29, 0.717) is 18.1 Å². The van der Waals surface area contributed by atoms with Gasteiger partial charge in [-0.15, -0.1) is 0 Å². The third kappa shape index (κ3) is 5.97. The number of benzene rings is 2. The van der Waals surface area contributed by atoms with Crippen molar-refractivity contribution in [2.45, 2.75) is 25.8 Å². The van der Waals surface area contributed by atoms with Gasteiger partial charge in [0.25, 0.3) is 0 Å². The van der Waals surface area contributed by atoms with Crippen LogP contribution in [-0.2, 0) is 11.2 Å². The summed E-state index contributed by atoms with van der Waals surface area (Å²) in [7, 11) is 0. The second kappa shape index (κ2) is 10.1. The van der Waals surface area contributed by atoms with Crippen LogP contribution in [0, 0.1) is 0 Å². The fraction of sp³-hybridized carbons (Fsp3) is 0.217. The van der Waals surface area contributed by atoms with Gasteiger partial charge in [0.15, 0.2) is 0 Å². The van der Waals surface area contributed by atoms with Gasteiger partial charge in [0.2, 0.25) is 0 Å². The Bertz CT molecular complexity index is 917. The largest absolute Gasteiger partial charge is 0.450 e. The number of aromatic nitrogens is 1. The third-order valence-corrected chi connectivity index (χ3v) is 4.53. The standard InChI is InChI=1S/C23H26N4O2/c1-2-29-23(28)26-20-15-16-21(27-22(20)24)25-19(18-11-7-4-8-12-18)14-13-17-9-5-3-6-10-17/h3-12,15-16,19H,2,13-14H2,1H3,(H,26,28)(H3,24,25,27). The van der Waals surface area contributed by atoms with Crippen molar-refractivity contribution in [2.24, 2.45) is 0 Å². The number of pyridine rings is 1. The topological polar surface area (TPSA) is 89.3 Å². The molecule has 0 radical (unpaired) electrons. The van der Waals surface area contributed by atoms with Crippen molar-refractivity contribution in [3.8, 4) is 0 Å². The smallest absolute Gasteiger partial charge is 0.411 e. The number of hydrogen-bond acceptors (Lipinski definition) is 5. The summed E-state index contributed by atoms with van der Waals surface area (Å²) in [5, 5.41) is 6.07. The minimum Gasteiger partial charge on any atom is -0.450 e. The van der Waals surface area contributed by atoms with E-state index in [4.69, 9.17) is 10.5 Å². The van der Waals surface area contributed by atoms with Crippen molar-refractivity contribution in [3.05, 3.63) is 83.9 Å². The molecular weight excluding hydrogens is 364 g/mol. The molecule has 3 rings (SSSR count). The van der Waals surface area contributed by atoms with Crippen LogP contribution in [0.3, 0.4) is 0 Å². The maximum Gasteiger partial charge on any atom is 0.411 e. The summed E-state index contributed by atoms with van der Waals surface area (Å²) in [5.74, 6) is 0.886. The Hall–Kier alpha value is -3.54. The Labute approximate surface area is 171 Å². The van der Waals surface area contributed by atoms with Crippen LogP contribution in [0.1, 0.15) is 30.5 Å². The highest BCUT2D eigenvalue weighted by atomic mass is 16.5. The number of hydrogen-bond donors (Lipinski definition) is 3. The average molecular weight is 390 g/mol. The molecule has 4 N–H and O–H groups in total. The average Bonchev–Trinajstić information content (AvgIpc) is 2.74. The molecule has 0 aliphatic rings. The monoisotopic (exact) mass is 390 g/mol. The molecule has 0 fully saturated rings. The minimum atomic E-state index is -0.549. The molecule has 1 heterocycles. The van der Waals surface area contributed by atoms with E-state index in [2.05, 4.69) is 52.0 Å². The molecule has 6 nitrogen and oxygen atoms in total. The summed E-state index contributed by atoms with van der Waals surface area (Å²) < 4.78 is 4.88. The molecule has 2 aromatic carbocycles. The zero-order valence-corrected chi connectivity index (χ0v) is 16.5. The molecule has 1 atom stereocenters. The van der Waals surface area contributed by atoms with Crippen molar-refractivity contribution in [3.63, 3.8) is 0 Å². The molecule has 0 aliphatic carbocycles. The molecule has 1 aromatic heterocycles. The first-order valence-corrected chi connectivity index (χ1v) is 9.71. The normalized spacial score (nSPS) is 11.5. The number of rotatable bonds is 8. The Morgan fingerprint density at radius 2 is 1.72 bits per heavy atom. The number of ether oxygens (including phenoxy) is 1. The number of nitrogens with one attached hydrogen (secondary N) is 2. The lowest BCUT2D eigenvalue weighted by Crippen LogP contribution is -2.16. The molecule has 6 heteroatoms. The minimum absolute atomic E-state index is 0.0761. The van der Waals surface area contributed by atoms with E-state index in [1.165, 1.54) is 11.1 Å². The van der Waals surface area contributed by atoms with E-state index in [1.807, 2.05) is 24.3 Å². The number of nitrogen functional groups attached to an aromatic ring is 1. The third-order valence-electron chi connectivity index (χ3n) is 4.53. The van der Waals surface area contributed by atoms with Crippen molar-refractivity contribution in [1.29, 1.82) is 0 Å². The van der Waals surface area contributed by atoms with Gasteiger partial charge in [0.1, 0.15) is 11.6 Å². The van der Waals surface area contributed by atoms with E-state index in [1.54, 1.807) is 19.1 Å². The molecular formula is C23H26N4O2. The van der Waals surface area contributed by atoms with Crippen LogP contribution in [-0.4, -0.2) is 17.7 Å². The molecule has 0 spiro atoms. The van der Waals surface area contributed by atoms with Crippen molar-refractivity contribution in [2.75, 3.05) is 23.0 Å². The second-order valence-electron chi connectivity index (χ2n) is 6.61. The summed E-state index contributed by atoms with van der Waals surface area (Å²) in [6.45, 7) is 2.03. The fourth-order valence-corrected chi connectivity index (χ4v) is 3.08. The zero-order valence-electron chi connectivity index (χ0n) is 16.5. The van der Waals surface area contributed by atoms with E-state index in [-0.39, 0.29) is 11.9 Å². The van der Waals surface area contributed by atoms with Gasteiger partial charge in [-0.05, 0) is 43.0 Å². The number of aryl methyl sites for hydroxylation is 1. The predicted molar refractivity (Wildman–Crippen MR) is 117 cm³/mol. The number of nitrogens with zero attached hydrogens (tertiary/aromatic N) is 1. The number of nitrogens with two attached hydrogens (primary N) is 1. The Morgan fingerprint density at radius 3 is 2.38 bits per heavy atom.